The van der Waals surface area contributed by atoms with Gasteiger partial charge in [0.25, 0.3) is 5.91 Å². The average Bonchev–Trinajstić information content (AvgIpc) is 2.94. The number of halogens is 1. The van der Waals surface area contributed by atoms with Crippen molar-refractivity contribution in [3.63, 3.8) is 0 Å². The van der Waals surface area contributed by atoms with Crippen LogP contribution in [0.4, 0.5) is 5.69 Å². The van der Waals surface area contributed by atoms with Crippen LogP contribution < -0.4 is 9.64 Å². The molecule has 0 saturated heterocycles. The van der Waals surface area contributed by atoms with E-state index in [1.165, 1.54) is 0 Å². The van der Waals surface area contributed by atoms with Crippen LogP contribution in [0, 0.1) is 0 Å². The lowest BCUT2D eigenvalue weighted by Gasteiger charge is -2.22. The Morgan fingerprint density at radius 2 is 1.84 bits per heavy atom. The Balaban J connectivity index is 1.52. The van der Waals surface area contributed by atoms with E-state index in [2.05, 4.69) is 0 Å². The zero-order valence-electron chi connectivity index (χ0n) is 13.8. The van der Waals surface area contributed by atoms with Crippen molar-refractivity contribution in [2.75, 3.05) is 18.1 Å². The molecule has 130 valence electrons. The first-order valence-corrected chi connectivity index (χ1v) is 8.37. The first-order chi connectivity index (χ1) is 12.1. The highest BCUT2D eigenvalue weighted by atomic mass is 35.5. The minimum Gasteiger partial charge on any atom is -0.480 e. The van der Waals surface area contributed by atoms with E-state index in [9.17, 15) is 9.59 Å². The molecule has 6 heteroatoms. The van der Waals surface area contributed by atoms with Crippen LogP contribution in [0.15, 0.2) is 48.5 Å². The maximum absolute atomic E-state index is 12.4. The number of carbonyl (C=O) groups is 2. The quantitative estimate of drug-likeness (QED) is 0.769. The van der Waals surface area contributed by atoms with E-state index in [1.54, 1.807) is 29.2 Å². The van der Waals surface area contributed by atoms with Gasteiger partial charge in [0.15, 0.2) is 13.2 Å². The summed E-state index contributed by atoms with van der Waals surface area (Å²) in [7, 11) is 0. The molecule has 0 bridgehead atoms. The van der Waals surface area contributed by atoms with Gasteiger partial charge in [0, 0.05) is 11.7 Å². The van der Waals surface area contributed by atoms with E-state index in [-0.39, 0.29) is 25.2 Å². The maximum Gasteiger partial charge on any atom is 0.344 e. The molecule has 0 aromatic heterocycles. The fourth-order valence-corrected chi connectivity index (χ4v) is 3.09. The van der Waals surface area contributed by atoms with Gasteiger partial charge in [-0.1, -0.05) is 41.9 Å². The number of anilines is 1. The molecule has 0 unspecified atom stereocenters. The molecule has 2 aromatic carbocycles. The van der Waals surface area contributed by atoms with E-state index in [4.69, 9.17) is 21.1 Å². The predicted octanol–water partition coefficient (Wildman–Crippen LogP) is 3.24. The molecular weight excluding hydrogens is 342 g/mol. The molecule has 1 aliphatic rings. The van der Waals surface area contributed by atoms with E-state index in [1.807, 2.05) is 31.2 Å². The topological polar surface area (TPSA) is 55.8 Å². The summed E-state index contributed by atoms with van der Waals surface area (Å²) in [5, 5.41) is 0.411. The number of nitrogens with zero attached hydrogens (tertiary/aromatic N) is 1. The third-order valence-electron chi connectivity index (χ3n) is 4.01. The molecule has 0 N–H and O–H groups in total. The molecule has 25 heavy (non-hydrogen) atoms. The third kappa shape index (κ3) is 3.94. The van der Waals surface area contributed by atoms with Crippen LogP contribution in [-0.2, 0) is 20.7 Å². The van der Waals surface area contributed by atoms with Crippen LogP contribution in [0.25, 0.3) is 0 Å². The minimum absolute atomic E-state index is 0.0444. The minimum atomic E-state index is -0.617. The van der Waals surface area contributed by atoms with Crippen LogP contribution in [0.5, 0.6) is 5.75 Å². The Bertz CT molecular complexity index is 792. The monoisotopic (exact) mass is 359 g/mol. The number of fused-ring (bicyclic) bond motifs is 1. The fourth-order valence-electron chi connectivity index (χ4n) is 2.90. The number of para-hydroxylation sites is 2. The molecule has 1 atom stereocenters. The Kier molecular flexibility index (Phi) is 5.24. The summed E-state index contributed by atoms with van der Waals surface area (Å²) in [5.74, 6) is -0.466. The van der Waals surface area contributed by atoms with Crippen LogP contribution in [0.2, 0.25) is 5.02 Å². The van der Waals surface area contributed by atoms with Gasteiger partial charge in [0.2, 0.25) is 0 Å². The van der Waals surface area contributed by atoms with Gasteiger partial charge < -0.3 is 14.4 Å². The molecule has 3 rings (SSSR count). The zero-order valence-corrected chi connectivity index (χ0v) is 14.5. The fraction of sp³-hybridized carbons (Fsp3) is 0.263. The Hall–Kier alpha value is -2.53. The lowest BCUT2D eigenvalue weighted by Crippen LogP contribution is -2.39. The van der Waals surface area contributed by atoms with Gasteiger partial charge in [-0.2, -0.15) is 0 Å². The molecule has 1 amide bonds. The Morgan fingerprint density at radius 3 is 2.64 bits per heavy atom. The predicted molar refractivity (Wildman–Crippen MR) is 95.0 cm³/mol. The Morgan fingerprint density at radius 1 is 1.12 bits per heavy atom. The number of amides is 1. The summed E-state index contributed by atoms with van der Waals surface area (Å²) in [5.41, 5.74) is 2.00. The maximum atomic E-state index is 12.4. The van der Waals surface area contributed by atoms with Gasteiger partial charge in [-0.25, -0.2) is 4.79 Å². The second kappa shape index (κ2) is 7.57. The zero-order chi connectivity index (χ0) is 17.8. The van der Waals surface area contributed by atoms with E-state index in [0.29, 0.717) is 10.8 Å². The van der Waals surface area contributed by atoms with Crippen molar-refractivity contribution in [1.82, 2.24) is 0 Å². The van der Waals surface area contributed by atoms with Crippen molar-refractivity contribution in [3.8, 4) is 5.75 Å². The highest BCUT2D eigenvalue weighted by Gasteiger charge is 2.30. The first kappa shape index (κ1) is 17.3. The molecule has 1 aliphatic heterocycles. The molecule has 0 spiro atoms. The molecule has 2 aromatic rings. The molecule has 5 nitrogen and oxygen atoms in total. The molecular formula is C19H18ClNO4. The standard InChI is InChI=1S/C19H18ClNO4/c1-13-10-14-6-2-4-8-16(14)21(13)18(22)11-25-19(23)12-24-17-9-5-3-7-15(17)20/h2-9,13H,10-12H2,1H3/t13-/m1/s1. The summed E-state index contributed by atoms with van der Waals surface area (Å²) in [6.45, 7) is 1.35. The summed E-state index contributed by atoms with van der Waals surface area (Å²) in [4.78, 5) is 25.9. The lowest BCUT2D eigenvalue weighted by molar-refractivity contribution is -0.149. The number of benzene rings is 2. The van der Waals surface area contributed by atoms with Crippen LogP contribution in [0.3, 0.4) is 0 Å². The number of rotatable bonds is 5. The smallest absolute Gasteiger partial charge is 0.344 e. The molecule has 0 radical (unpaired) electrons. The van der Waals surface area contributed by atoms with Crippen LogP contribution >= 0.6 is 11.6 Å². The molecule has 0 aliphatic carbocycles. The van der Waals surface area contributed by atoms with E-state index >= 15 is 0 Å². The molecule has 0 fully saturated rings. The highest BCUT2D eigenvalue weighted by Crippen LogP contribution is 2.31. The SMILES string of the molecule is C[C@@H]1Cc2ccccc2N1C(=O)COC(=O)COc1ccccc1Cl. The summed E-state index contributed by atoms with van der Waals surface area (Å²) >= 11 is 5.95. The second-order valence-corrected chi connectivity index (χ2v) is 6.23. The summed E-state index contributed by atoms with van der Waals surface area (Å²) < 4.78 is 10.3. The van der Waals surface area contributed by atoms with Crippen molar-refractivity contribution in [2.45, 2.75) is 19.4 Å². The van der Waals surface area contributed by atoms with Crippen molar-refractivity contribution in [2.24, 2.45) is 0 Å². The van der Waals surface area contributed by atoms with Crippen LogP contribution in [-0.4, -0.2) is 31.1 Å². The van der Waals surface area contributed by atoms with Gasteiger partial charge in [-0.05, 0) is 37.1 Å². The van der Waals surface area contributed by atoms with Gasteiger partial charge in [-0.15, -0.1) is 0 Å². The summed E-state index contributed by atoms with van der Waals surface area (Å²) in [6.07, 6.45) is 0.797. The largest absolute Gasteiger partial charge is 0.480 e. The van der Waals surface area contributed by atoms with Gasteiger partial charge in [0.1, 0.15) is 5.75 Å². The number of hydrogen-bond acceptors (Lipinski definition) is 4. The van der Waals surface area contributed by atoms with Gasteiger partial charge >= 0.3 is 5.97 Å². The Labute approximate surface area is 151 Å². The normalized spacial score (nSPS) is 15.6. The summed E-state index contributed by atoms with van der Waals surface area (Å²) in [6, 6.07) is 14.6. The first-order valence-electron chi connectivity index (χ1n) is 7.99. The number of ether oxygens (including phenoxy) is 2. The lowest BCUT2D eigenvalue weighted by atomic mass is 10.1. The van der Waals surface area contributed by atoms with Crippen molar-refractivity contribution in [3.05, 3.63) is 59.1 Å². The van der Waals surface area contributed by atoms with Crippen molar-refractivity contribution < 1.29 is 19.1 Å². The number of hydrogen-bond donors (Lipinski definition) is 0. The third-order valence-corrected chi connectivity index (χ3v) is 4.33. The van der Waals surface area contributed by atoms with Gasteiger partial charge in [-0.3, -0.25) is 4.79 Å². The highest BCUT2D eigenvalue weighted by molar-refractivity contribution is 6.32. The number of esters is 1. The second-order valence-electron chi connectivity index (χ2n) is 5.83. The van der Waals surface area contributed by atoms with Crippen molar-refractivity contribution in [1.29, 1.82) is 0 Å². The van der Waals surface area contributed by atoms with E-state index in [0.717, 1.165) is 17.7 Å². The van der Waals surface area contributed by atoms with Gasteiger partial charge in [0.05, 0.1) is 5.02 Å². The van der Waals surface area contributed by atoms with Crippen LogP contribution in [0.1, 0.15) is 12.5 Å². The molecule has 1 heterocycles. The van der Waals surface area contributed by atoms with E-state index < -0.39 is 5.97 Å². The number of carbonyl (C=O) groups excluding carboxylic acids is 2. The average molecular weight is 360 g/mol. The van der Waals surface area contributed by atoms with Crippen molar-refractivity contribution >= 4 is 29.2 Å². The molecule has 0 saturated carbocycles.